The van der Waals surface area contributed by atoms with Gasteiger partial charge in [-0.05, 0) is 12.8 Å². The third kappa shape index (κ3) is 3.41. The van der Waals surface area contributed by atoms with Crippen LogP contribution < -0.4 is 5.32 Å². The van der Waals surface area contributed by atoms with Gasteiger partial charge < -0.3 is 4.74 Å². The van der Waals surface area contributed by atoms with E-state index in [1.54, 1.807) is 0 Å². The number of barbiturate groups is 1. The highest BCUT2D eigenvalue weighted by Crippen LogP contribution is 2.21. The number of imide groups is 2. The minimum absolute atomic E-state index is 0.135. The molecule has 0 aliphatic carbocycles. The number of amides is 4. The summed E-state index contributed by atoms with van der Waals surface area (Å²) in [6.45, 7) is 8.97. The highest BCUT2D eigenvalue weighted by atomic mass is 16.5. The molecule has 2 rings (SSSR count). The van der Waals surface area contributed by atoms with Crippen molar-refractivity contribution in [2.24, 2.45) is 11.8 Å². The van der Waals surface area contributed by atoms with Crippen molar-refractivity contribution in [2.75, 3.05) is 32.8 Å². The molecule has 1 N–H and O–H groups in total. The van der Waals surface area contributed by atoms with Crippen LogP contribution in [0.5, 0.6) is 0 Å². The van der Waals surface area contributed by atoms with E-state index >= 15 is 0 Å². The Bertz CT molecular complexity index is 432. The predicted octanol–water partition coefficient (Wildman–Crippen LogP) is 0.0577. The first-order chi connectivity index (χ1) is 9.91. The maximum Gasteiger partial charge on any atom is 0.331 e. The maximum atomic E-state index is 12.5. The molecule has 2 unspecified atom stereocenters. The number of nitrogens with one attached hydrogen (secondary N) is 1. The second-order valence-corrected chi connectivity index (χ2v) is 5.99. The molecule has 7 heteroatoms. The summed E-state index contributed by atoms with van der Waals surface area (Å²) in [5, 5.41) is 2.29. The lowest BCUT2D eigenvalue weighted by Crippen LogP contribution is -2.63. The van der Waals surface area contributed by atoms with Gasteiger partial charge in [-0.1, -0.05) is 13.8 Å². The zero-order valence-electron chi connectivity index (χ0n) is 12.8. The molecular weight excluding hydrogens is 274 g/mol. The summed E-state index contributed by atoms with van der Waals surface area (Å²) in [5.41, 5.74) is 0. The Labute approximate surface area is 124 Å². The molecule has 0 aromatic heterocycles. The minimum Gasteiger partial charge on any atom is -0.379 e. The van der Waals surface area contributed by atoms with E-state index in [0.29, 0.717) is 19.8 Å². The number of urea groups is 1. The smallest absolute Gasteiger partial charge is 0.331 e. The third-order valence-electron chi connectivity index (χ3n) is 3.97. The van der Waals surface area contributed by atoms with Gasteiger partial charge in [-0.15, -0.1) is 0 Å². The molecule has 0 aromatic rings. The Hall–Kier alpha value is -1.47. The van der Waals surface area contributed by atoms with E-state index in [2.05, 4.69) is 10.2 Å². The third-order valence-corrected chi connectivity index (χ3v) is 3.97. The van der Waals surface area contributed by atoms with Gasteiger partial charge >= 0.3 is 6.03 Å². The van der Waals surface area contributed by atoms with E-state index in [9.17, 15) is 14.4 Å². The fourth-order valence-electron chi connectivity index (χ4n) is 2.85. The van der Waals surface area contributed by atoms with E-state index in [1.165, 1.54) is 4.90 Å². The van der Waals surface area contributed by atoms with Crippen molar-refractivity contribution in [1.29, 1.82) is 0 Å². The van der Waals surface area contributed by atoms with Crippen molar-refractivity contribution < 1.29 is 19.1 Å². The monoisotopic (exact) mass is 297 g/mol. The topological polar surface area (TPSA) is 79.0 Å². The van der Waals surface area contributed by atoms with Gasteiger partial charge in [0.25, 0.3) is 0 Å². The van der Waals surface area contributed by atoms with Crippen LogP contribution in [0.15, 0.2) is 0 Å². The van der Waals surface area contributed by atoms with E-state index < -0.39 is 17.9 Å². The maximum absolute atomic E-state index is 12.5. The van der Waals surface area contributed by atoms with Crippen LogP contribution in [0.4, 0.5) is 4.79 Å². The average molecular weight is 297 g/mol. The van der Waals surface area contributed by atoms with Gasteiger partial charge in [0.15, 0.2) is 0 Å². The Kier molecular flexibility index (Phi) is 4.95. The predicted molar refractivity (Wildman–Crippen MR) is 75.4 cm³/mol. The van der Waals surface area contributed by atoms with Crippen LogP contribution in [0, 0.1) is 11.8 Å². The van der Waals surface area contributed by atoms with Gasteiger partial charge in [-0.25, -0.2) is 4.79 Å². The van der Waals surface area contributed by atoms with E-state index in [4.69, 9.17) is 4.74 Å². The molecule has 2 saturated heterocycles. The summed E-state index contributed by atoms with van der Waals surface area (Å²) in [7, 11) is 0. The van der Waals surface area contributed by atoms with E-state index in [1.807, 2.05) is 20.8 Å². The molecule has 7 nitrogen and oxygen atoms in total. The molecule has 118 valence electrons. The van der Waals surface area contributed by atoms with E-state index in [0.717, 1.165) is 13.1 Å². The fourth-order valence-corrected chi connectivity index (χ4v) is 2.85. The van der Waals surface area contributed by atoms with Crippen LogP contribution in [-0.2, 0) is 14.3 Å². The Balaban J connectivity index is 2.06. The Morgan fingerprint density at radius 1 is 1.19 bits per heavy atom. The summed E-state index contributed by atoms with van der Waals surface area (Å²) in [6.07, 6.45) is 0. The second-order valence-electron chi connectivity index (χ2n) is 5.99. The first-order valence-corrected chi connectivity index (χ1v) is 7.39. The van der Waals surface area contributed by atoms with Crippen molar-refractivity contribution in [1.82, 2.24) is 15.1 Å². The van der Waals surface area contributed by atoms with Crippen molar-refractivity contribution in [2.45, 2.75) is 26.8 Å². The van der Waals surface area contributed by atoms with Crippen molar-refractivity contribution in [3.63, 3.8) is 0 Å². The number of hydrogen-bond donors (Lipinski definition) is 1. The van der Waals surface area contributed by atoms with Crippen LogP contribution in [0.25, 0.3) is 0 Å². The van der Waals surface area contributed by atoms with Gasteiger partial charge in [0, 0.05) is 19.6 Å². The first-order valence-electron chi connectivity index (χ1n) is 7.39. The van der Waals surface area contributed by atoms with Crippen molar-refractivity contribution >= 4 is 17.8 Å². The first kappa shape index (κ1) is 15.9. The lowest BCUT2D eigenvalue weighted by Gasteiger charge is -2.38. The number of ether oxygens (including phenoxy) is 1. The summed E-state index contributed by atoms with van der Waals surface area (Å²) in [4.78, 5) is 39.6. The fraction of sp³-hybridized carbons (Fsp3) is 0.786. The average Bonchev–Trinajstić information content (AvgIpc) is 2.38. The number of carbonyl (C=O) groups excluding carboxylic acids is 3. The molecule has 4 amide bonds. The van der Waals surface area contributed by atoms with Crippen LogP contribution in [0.2, 0.25) is 0 Å². The zero-order valence-corrected chi connectivity index (χ0v) is 12.8. The summed E-state index contributed by atoms with van der Waals surface area (Å²) >= 11 is 0. The van der Waals surface area contributed by atoms with Crippen LogP contribution >= 0.6 is 0 Å². The minimum atomic E-state index is -0.783. The molecule has 2 heterocycles. The highest BCUT2D eigenvalue weighted by Gasteiger charge is 2.44. The largest absolute Gasteiger partial charge is 0.379 e. The molecule has 0 radical (unpaired) electrons. The number of nitrogens with zero attached hydrogens (tertiary/aromatic N) is 2. The zero-order chi connectivity index (χ0) is 15.6. The van der Waals surface area contributed by atoms with Gasteiger partial charge in [0.2, 0.25) is 11.8 Å². The van der Waals surface area contributed by atoms with Gasteiger partial charge in [-0.3, -0.25) is 24.7 Å². The molecule has 2 atom stereocenters. The van der Waals surface area contributed by atoms with Gasteiger partial charge in [0.1, 0.15) is 5.92 Å². The normalized spacial score (nSPS) is 26.2. The molecule has 2 aliphatic rings. The van der Waals surface area contributed by atoms with Crippen LogP contribution in [0.1, 0.15) is 20.8 Å². The van der Waals surface area contributed by atoms with E-state index in [-0.39, 0.29) is 17.9 Å². The number of hydrogen-bond acceptors (Lipinski definition) is 5. The summed E-state index contributed by atoms with van der Waals surface area (Å²) in [5.74, 6) is -1.80. The summed E-state index contributed by atoms with van der Waals surface area (Å²) in [6, 6.07) is -0.882. The second kappa shape index (κ2) is 6.53. The molecule has 2 aliphatic heterocycles. The molecule has 0 spiro atoms. The number of rotatable bonds is 4. The molecule has 0 saturated carbocycles. The quantitative estimate of drug-likeness (QED) is 0.742. The van der Waals surface area contributed by atoms with Crippen molar-refractivity contribution in [3.8, 4) is 0 Å². The lowest BCUT2D eigenvalue weighted by atomic mass is 9.91. The summed E-state index contributed by atoms with van der Waals surface area (Å²) < 4.78 is 5.29. The Morgan fingerprint density at radius 2 is 1.81 bits per heavy atom. The standard InChI is InChI=1S/C14H23N3O4/c1-9(2)11-12(18)15-14(20)17(13(11)19)10(3)8-16-4-6-21-7-5-16/h9-11H,4-8H2,1-3H3,(H,15,18,20). The SMILES string of the molecule is CC(C)C1C(=O)NC(=O)N(C(C)CN2CCOCC2)C1=O. The van der Waals surface area contributed by atoms with Gasteiger partial charge in [0.05, 0.1) is 19.3 Å². The lowest BCUT2D eigenvalue weighted by molar-refractivity contribution is -0.146. The molecular formula is C14H23N3O4. The Morgan fingerprint density at radius 3 is 2.38 bits per heavy atom. The molecule has 0 bridgehead atoms. The van der Waals surface area contributed by atoms with Crippen LogP contribution in [-0.4, -0.2) is 66.5 Å². The van der Waals surface area contributed by atoms with Gasteiger partial charge in [-0.2, -0.15) is 0 Å². The number of morpholine rings is 1. The molecule has 2 fully saturated rings. The highest BCUT2D eigenvalue weighted by molar-refractivity contribution is 6.16. The van der Waals surface area contributed by atoms with Crippen molar-refractivity contribution in [3.05, 3.63) is 0 Å². The molecule has 21 heavy (non-hydrogen) atoms. The van der Waals surface area contributed by atoms with Crippen LogP contribution in [0.3, 0.4) is 0 Å². The number of carbonyl (C=O) groups is 3. The molecule has 0 aromatic carbocycles.